The van der Waals surface area contributed by atoms with Gasteiger partial charge in [-0.05, 0) is 36.4 Å². The van der Waals surface area contributed by atoms with Crippen LogP contribution in [0.1, 0.15) is 10.4 Å². The van der Waals surface area contributed by atoms with E-state index in [9.17, 15) is 40.3 Å². The van der Waals surface area contributed by atoms with Gasteiger partial charge in [0.2, 0.25) is 0 Å². The van der Waals surface area contributed by atoms with E-state index in [-0.39, 0.29) is 10.5 Å². The van der Waals surface area contributed by atoms with E-state index in [2.05, 4.69) is 4.98 Å². The molecule has 0 spiro atoms. The fourth-order valence-electron chi connectivity index (χ4n) is 2.33. The first-order valence-corrected chi connectivity index (χ1v) is 8.10. The van der Waals surface area contributed by atoms with Gasteiger partial charge in [0.25, 0.3) is 5.91 Å². The van der Waals surface area contributed by atoms with Gasteiger partial charge in [-0.1, -0.05) is 0 Å². The monoisotopic (exact) mass is 437 g/mol. The summed E-state index contributed by atoms with van der Waals surface area (Å²) >= 11 is 0. The van der Waals surface area contributed by atoms with Crippen molar-refractivity contribution in [2.75, 3.05) is 23.9 Å². The second kappa shape index (κ2) is 7.92. The average Bonchev–Trinajstić information content (AvgIpc) is 2.71. The van der Waals surface area contributed by atoms with Crippen LogP contribution in [0.2, 0.25) is 0 Å². The maximum atomic E-state index is 13.6. The molecule has 1 heterocycles. The lowest BCUT2D eigenvalue weighted by atomic mass is 10.1. The lowest BCUT2D eigenvalue weighted by Gasteiger charge is -2.30. The van der Waals surface area contributed by atoms with Crippen LogP contribution in [-0.2, 0) is 4.79 Å². The molecule has 12 heteroatoms. The molecule has 0 saturated carbocycles. The molecule has 2 aromatic rings. The molecule has 30 heavy (non-hydrogen) atoms. The summed E-state index contributed by atoms with van der Waals surface area (Å²) in [5.74, 6) is -15.9. The summed E-state index contributed by atoms with van der Waals surface area (Å²) in [5, 5.41) is 0. The molecule has 0 aliphatic heterocycles. The number of hydrogen-bond donors (Lipinski definition) is 0. The Morgan fingerprint density at radius 2 is 1.40 bits per heavy atom. The van der Waals surface area contributed by atoms with Crippen LogP contribution < -0.4 is 9.80 Å². The molecule has 162 valence electrons. The molecule has 0 N–H and O–H groups in total. The summed E-state index contributed by atoms with van der Waals surface area (Å²) < 4.78 is 90.2. The summed E-state index contributed by atoms with van der Waals surface area (Å²) in [6.45, 7) is 0. The van der Waals surface area contributed by atoms with Gasteiger partial charge in [0.05, 0.1) is 11.9 Å². The van der Waals surface area contributed by atoms with Crippen LogP contribution in [0, 0.1) is 0 Å². The molecule has 0 saturated heterocycles. The number of aromatic nitrogens is 1. The molecule has 0 bridgehead atoms. The highest BCUT2D eigenvalue weighted by Crippen LogP contribution is 2.47. The Morgan fingerprint density at radius 1 is 0.833 bits per heavy atom. The molecule has 2 rings (SSSR count). The molecule has 0 unspecified atom stereocenters. The van der Waals surface area contributed by atoms with E-state index in [1.165, 1.54) is 24.3 Å². The first-order chi connectivity index (χ1) is 13.7. The number of carbonyl (C=O) groups is 2. The standard InChI is InChI=1S/C18H14F7N3O2/c1-27(13-4-3-9-26-10-13)14(29)11-5-7-12(8-6-11)28(2)15(30)16(19,20)17(21,22)18(23,24)25/h3-10H,1-2H3. The highest BCUT2D eigenvalue weighted by atomic mass is 19.4. The number of rotatable bonds is 5. The van der Waals surface area contributed by atoms with E-state index < -0.39 is 35.5 Å². The fourth-order valence-corrected chi connectivity index (χ4v) is 2.33. The van der Waals surface area contributed by atoms with Gasteiger partial charge in [0.15, 0.2) is 0 Å². The number of benzene rings is 1. The smallest absolute Gasteiger partial charge is 0.310 e. The minimum absolute atomic E-state index is 0.0401. The van der Waals surface area contributed by atoms with Crippen LogP contribution in [0.15, 0.2) is 48.8 Å². The number of alkyl halides is 7. The van der Waals surface area contributed by atoms with E-state index in [0.29, 0.717) is 12.7 Å². The molecule has 0 aliphatic carbocycles. The molecular formula is C18H14F7N3O2. The van der Waals surface area contributed by atoms with Gasteiger partial charge in [-0.2, -0.15) is 30.7 Å². The number of halogens is 7. The summed E-state index contributed by atoms with van der Waals surface area (Å²) in [7, 11) is 2.05. The Bertz CT molecular complexity index is 916. The maximum Gasteiger partial charge on any atom is 0.460 e. The van der Waals surface area contributed by atoms with E-state index >= 15 is 0 Å². The normalized spacial score (nSPS) is 12.4. The van der Waals surface area contributed by atoms with Crippen molar-refractivity contribution >= 4 is 23.2 Å². The first-order valence-electron chi connectivity index (χ1n) is 8.10. The summed E-state index contributed by atoms with van der Waals surface area (Å²) in [4.78, 5) is 29.1. The van der Waals surface area contributed by atoms with E-state index in [4.69, 9.17) is 0 Å². The average molecular weight is 437 g/mol. The van der Waals surface area contributed by atoms with Crippen LogP contribution in [0.25, 0.3) is 0 Å². The highest BCUT2D eigenvalue weighted by molar-refractivity contribution is 6.06. The minimum atomic E-state index is -6.62. The Labute approximate surface area is 165 Å². The van der Waals surface area contributed by atoms with E-state index in [1.807, 2.05) is 0 Å². The van der Waals surface area contributed by atoms with Crippen LogP contribution in [-0.4, -0.2) is 48.9 Å². The molecule has 2 amide bonds. The molecule has 0 radical (unpaired) electrons. The molecule has 1 aromatic heterocycles. The quantitative estimate of drug-likeness (QED) is 0.661. The van der Waals surface area contributed by atoms with Gasteiger partial charge in [0, 0.05) is 31.5 Å². The predicted octanol–water partition coefficient (Wildman–Crippen LogP) is 4.15. The van der Waals surface area contributed by atoms with Crippen molar-refractivity contribution in [3.63, 3.8) is 0 Å². The zero-order valence-corrected chi connectivity index (χ0v) is 15.4. The Morgan fingerprint density at radius 3 is 1.87 bits per heavy atom. The molecular weight excluding hydrogens is 423 g/mol. The van der Waals surface area contributed by atoms with Crippen molar-refractivity contribution in [1.29, 1.82) is 0 Å². The Kier molecular flexibility index (Phi) is 6.10. The fraction of sp³-hybridized carbons (Fsp3) is 0.278. The third-order valence-electron chi connectivity index (χ3n) is 4.16. The molecule has 0 fully saturated rings. The Balaban J connectivity index is 2.23. The number of hydrogen-bond acceptors (Lipinski definition) is 3. The number of pyridine rings is 1. The van der Waals surface area contributed by atoms with Gasteiger partial charge in [-0.15, -0.1) is 0 Å². The number of nitrogens with zero attached hydrogens (tertiary/aromatic N) is 3. The Hall–Kier alpha value is -3.18. The maximum absolute atomic E-state index is 13.6. The van der Waals surface area contributed by atoms with Crippen LogP contribution in [0.3, 0.4) is 0 Å². The molecule has 0 atom stereocenters. The van der Waals surface area contributed by atoms with E-state index in [0.717, 1.165) is 24.3 Å². The van der Waals surface area contributed by atoms with Crippen molar-refractivity contribution < 1.29 is 40.3 Å². The second-order valence-electron chi connectivity index (χ2n) is 6.13. The van der Waals surface area contributed by atoms with Gasteiger partial charge >= 0.3 is 23.9 Å². The second-order valence-corrected chi connectivity index (χ2v) is 6.13. The third-order valence-corrected chi connectivity index (χ3v) is 4.16. The molecule has 5 nitrogen and oxygen atoms in total. The third kappa shape index (κ3) is 4.07. The van der Waals surface area contributed by atoms with E-state index in [1.54, 1.807) is 12.1 Å². The van der Waals surface area contributed by atoms with Gasteiger partial charge in [-0.25, -0.2) is 0 Å². The lowest BCUT2D eigenvalue weighted by molar-refractivity contribution is -0.343. The van der Waals surface area contributed by atoms with Gasteiger partial charge in [0.1, 0.15) is 0 Å². The summed E-state index contributed by atoms with van der Waals surface area (Å²) in [6, 6.07) is 7.31. The zero-order valence-electron chi connectivity index (χ0n) is 15.4. The van der Waals surface area contributed by atoms with Crippen molar-refractivity contribution in [3.8, 4) is 0 Å². The van der Waals surface area contributed by atoms with Crippen molar-refractivity contribution in [1.82, 2.24) is 4.98 Å². The topological polar surface area (TPSA) is 53.5 Å². The van der Waals surface area contributed by atoms with Crippen molar-refractivity contribution in [2.24, 2.45) is 0 Å². The van der Waals surface area contributed by atoms with Crippen LogP contribution >= 0.6 is 0 Å². The zero-order chi connectivity index (χ0) is 22.9. The van der Waals surface area contributed by atoms with Crippen molar-refractivity contribution in [3.05, 3.63) is 54.4 Å². The predicted molar refractivity (Wildman–Crippen MR) is 92.8 cm³/mol. The number of carbonyl (C=O) groups excluding carboxylic acids is 2. The van der Waals surface area contributed by atoms with Crippen molar-refractivity contribution in [2.45, 2.75) is 18.0 Å². The lowest BCUT2D eigenvalue weighted by Crippen LogP contribution is -2.59. The highest BCUT2D eigenvalue weighted by Gasteiger charge is 2.76. The summed E-state index contributed by atoms with van der Waals surface area (Å²) in [6.07, 6.45) is -3.73. The number of anilines is 2. The first kappa shape index (κ1) is 23.1. The van der Waals surface area contributed by atoms with Gasteiger partial charge in [-0.3, -0.25) is 14.6 Å². The largest absolute Gasteiger partial charge is 0.460 e. The molecule has 1 aromatic carbocycles. The number of amides is 2. The van der Waals surface area contributed by atoms with Crippen LogP contribution in [0.5, 0.6) is 0 Å². The minimum Gasteiger partial charge on any atom is -0.310 e. The SMILES string of the molecule is CN(C(=O)c1ccc(N(C)C(=O)C(F)(F)C(F)(F)C(F)(F)F)cc1)c1cccnc1. The molecule has 0 aliphatic rings. The summed E-state index contributed by atoms with van der Waals surface area (Å²) in [5.41, 5.74) is 0.0597. The van der Waals surface area contributed by atoms with Crippen LogP contribution in [0.4, 0.5) is 42.1 Å². The van der Waals surface area contributed by atoms with Gasteiger partial charge < -0.3 is 9.80 Å².